The summed E-state index contributed by atoms with van der Waals surface area (Å²) >= 11 is 1.33. The summed E-state index contributed by atoms with van der Waals surface area (Å²) in [7, 11) is -4.00. The maximum atomic E-state index is 13.6. The minimum Gasteiger partial charge on any atom is -0.476 e. The van der Waals surface area contributed by atoms with Crippen LogP contribution in [0, 0.1) is 5.82 Å². The highest BCUT2D eigenvalue weighted by molar-refractivity contribution is 7.99. The topological polar surface area (TPSA) is 95.9 Å². The molecule has 0 saturated heterocycles. The summed E-state index contributed by atoms with van der Waals surface area (Å²) in [6.45, 7) is 4.21. The van der Waals surface area contributed by atoms with E-state index in [4.69, 9.17) is 9.84 Å². The quantitative estimate of drug-likeness (QED) is 0.271. The third kappa shape index (κ3) is 6.08. The van der Waals surface area contributed by atoms with Crippen molar-refractivity contribution < 1.29 is 31.8 Å². The van der Waals surface area contributed by atoms with Crippen LogP contribution in [0.1, 0.15) is 33.1 Å². The van der Waals surface area contributed by atoms with Crippen molar-refractivity contribution in [2.45, 2.75) is 48.9 Å². The van der Waals surface area contributed by atoms with Crippen molar-refractivity contribution in [3.05, 3.63) is 54.3 Å². The number of aliphatic carboxylic acids is 1. The Kier molecular flexibility index (Phi) is 8.56. The number of ether oxygens (including phenoxy) is 1. The summed E-state index contributed by atoms with van der Waals surface area (Å²) in [6, 6.07) is 8.25. The van der Waals surface area contributed by atoms with Crippen LogP contribution in [0.3, 0.4) is 0 Å². The van der Waals surface area contributed by atoms with E-state index in [0.717, 1.165) is 12.8 Å². The highest BCUT2D eigenvalue weighted by Crippen LogP contribution is 2.42. The first-order valence-corrected chi connectivity index (χ1v) is 13.2. The molecule has 2 N–H and O–H groups in total. The van der Waals surface area contributed by atoms with E-state index in [9.17, 15) is 22.0 Å². The van der Waals surface area contributed by atoms with Crippen molar-refractivity contribution in [3.63, 3.8) is 0 Å². The lowest BCUT2D eigenvalue weighted by Crippen LogP contribution is -2.39. The van der Waals surface area contributed by atoms with E-state index in [1.807, 2.05) is 18.7 Å². The zero-order valence-corrected chi connectivity index (χ0v) is 20.4. The van der Waals surface area contributed by atoms with Gasteiger partial charge in [0.15, 0.2) is 0 Å². The van der Waals surface area contributed by atoms with Crippen molar-refractivity contribution in [2.24, 2.45) is 0 Å². The average Bonchev–Trinajstić information content (AvgIpc) is 2.90. The molecule has 0 fully saturated rings. The molecule has 0 saturated carbocycles. The molecular weight excluding hydrogens is 486 g/mol. The van der Waals surface area contributed by atoms with Gasteiger partial charge in [-0.15, -0.1) is 11.8 Å². The van der Waals surface area contributed by atoms with Gasteiger partial charge in [-0.3, -0.25) is 0 Å². The molecule has 3 rings (SSSR count). The SMILES string of the molecule is CCCC[C@H]1CN(c2ccc(F)cc2)c2cc(SCC)c(O/C=C(\F)C(=O)O)cc2S(=O)(=O)N1. The minimum absolute atomic E-state index is 0.0124. The van der Waals surface area contributed by atoms with E-state index in [2.05, 4.69) is 4.72 Å². The van der Waals surface area contributed by atoms with Gasteiger partial charge < -0.3 is 14.7 Å². The number of hydrogen-bond donors (Lipinski definition) is 2. The zero-order chi connectivity index (χ0) is 24.9. The number of nitrogens with one attached hydrogen (secondary N) is 1. The number of nitrogens with zero attached hydrogens (tertiary/aromatic N) is 1. The third-order valence-corrected chi connectivity index (χ3v) is 7.64. The summed E-state index contributed by atoms with van der Waals surface area (Å²) in [6.07, 6.45) is 2.74. The average molecular weight is 513 g/mol. The highest BCUT2D eigenvalue weighted by atomic mass is 32.2. The summed E-state index contributed by atoms with van der Waals surface area (Å²) < 4.78 is 61.8. The predicted octanol–water partition coefficient (Wildman–Crippen LogP) is 5.20. The summed E-state index contributed by atoms with van der Waals surface area (Å²) in [4.78, 5) is 13.0. The normalized spacial score (nSPS) is 17.7. The molecule has 0 bridgehead atoms. The first-order valence-electron chi connectivity index (χ1n) is 10.8. The van der Waals surface area contributed by atoms with Crippen LogP contribution in [0.2, 0.25) is 0 Å². The number of benzene rings is 2. The lowest BCUT2D eigenvalue weighted by molar-refractivity contribution is -0.134. The number of unbranched alkanes of at least 4 members (excludes halogenated alkanes) is 1. The third-order valence-electron chi connectivity index (χ3n) is 5.17. The van der Waals surface area contributed by atoms with Crippen LogP contribution in [-0.4, -0.2) is 37.8 Å². The number of sulfonamides is 1. The molecular formula is C23H26F2N2O5S2. The Morgan fingerprint density at radius 3 is 2.62 bits per heavy atom. The molecule has 34 heavy (non-hydrogen) atoms. The Bertz CT molecular complexity index is 1170. The fourth-order valence-corrected chi connectivity index (χ4v) is 5.81. The minimum atomic E-state index is -4.00. The zero-order valence-electron chi connectivity index (χ0n) is 18.8. The molecule has 2 aromatic rings. The second-order valence-electron chi connectivity index (χ2n) is 7.64. The van der Waals surface area contributed by atoms with Crippen LogP contribution in [0.4, 0.5) is 20.2 Å². The number of carboxylic acids is 1. The van der Waals surface area contributed by atoms with Crippen molar-refractivity contribution in [2.75, 3.05) is 17.2 Å². The van der Waals surface area contributed by atoms with Crippen molar-refractivity contribution >= 4 is 39.1 Å². The molecule has 2 aromatic carbocycles. The fraction of sp³-hybridized carbons (Fsp3) is 0.348. The highest BCUT2D eigenvalue weighted by Gasteiger charge is 2.33. The second-order valence-corrected chi connectivity index (χ2v) is 10.6. The smallest absolute Gasteiger partial charge is 0.368 e. The van der Waals surface area contributed by atoms with Crippen molar-refractivity contribution in [3.8, 4) is 5.75 Å². The first kappa shape index (κ1) is 26.0. The molecule has 0 spiro atoms. The molecule has 0 aliphatic carbocycles. The van der Waals surface area contributed by atoms with E-state index in [-0.39, 0.29) is 10.6 Å². The Balaban J connectivity index is 2.19. The van der Waals surface area contributed by atoms with Crippen molar-refractivity contribution in [1.29, 1.82) is 0 Å². The lowest BCUT2D eigenvalue weighted by Gasteiger charge is -2.27. The maximum absolute atomic E-state index is 13.6. The van der Waals surface area contributed by atoms with Gasteiger partial charge in [-0.25, -0.2) is 22.3 Å². The largest absolute Gasteiger partial charge is 0.476 e. The number of carbonyl (C=O) groups is 1. The molecule has 1 aliphatic heterocycles. The van der Waals surface area contributed by atoms with Gasteiger partial charge in [0.1, 0.15) is 22.7 Å². The molecule has 184 valence electrons. The van der Waals surface area contributed by atoms with Crippen LogP contribution in [0.15, 0.2) is 58.3 Å². The van der Waals surface area contributed by atoms with E-state index < -0.39 is 33.7 Å². The van der Waals surface area contributed by atoms with E-state index >= 15 is 0 Å². The summed E-state index contributed by atoms with van der Waals surface area (Å²) in [5.74, 6) is -3.12. The van der Waals surface area contributed by atoms with Crippen LogP contribution in [0.25, 0.3) is 0 Å². The van der Waals surface area contributed by atoms with Gasteiger partial charge in [-0.2, -0.15) is 4.39 Å². The van der Waals surface area contributed by atoms with Gasteiger partial charge >= 0.3 is 5.97 Å². The molecule has 0 unspecified atom stereocenters. The summed E-state index contributed by atoms with van der Waals surface area (Å²) in [5, 5.41) is 8.76. The fourth-order valence-electron chi connectivity index (χ4n) is 3.59. The predicted molar refractivity (Wildman–Crippen MR) is 127 cm³/mol. The number of carboxylic acid groups (broad SMARTS) is 1. The van der Waals surface area contributed by atoms with Crippen LogP contribution in [-0.2, 0) is 14.8 Å². The molecule has 1 aliphatic rings. The maximum Gasteiger partial charge on any atom is 0.368 e. The Hall–Kier alpha value is -2.63. The summed E-state index contributed by atoms with van der Waals surface area (Å²) in [5.41, 5.74) is 0.977. The first-order chi connectivity index (χ1) is 16.2. The Morgan fingerprint density at radius 2 is 2.00 bits per heavy atom. The van der Waals surface area contributed by atoms with E-state index in [1.54, 1.807) is 18.2 Å². The number of halogens is 2. The number of anilines is 2. The van der Waals surface area contributed by atoms with Crippen LogP contribution < -0.4 is 14.4 Å². The molecule has 7 nitrogen and oxygen atoms in total. The monoisotopic (exact) mass is 512 g/mol. The van der Waals surface area contributed by atoms with Crippen molar-refractivity contribution in [1.82, 2.24) is 4.72 Å². The molecule has 0 amide bonds. The van der Waals surface area contributed by atoms with Gasteiger partial charge in [-0.1, -0.05) is 26.7 Å². The van der Waals surface area contributed by atoms with Gasteiger partial charge in [0.05, 0.1) is 10.6 Å². The van der Waals surface area contributed by atoms with Gasteiger partial charge in [0, 0.05) is 24.3 Å². The molecule has 11 heteroatoms. The van der Waals surface area contributed by atoms with Crippen LogP contribution >= 0.6 is 11.8 Å². The standard InChI is InChI=1S/C23H26F2N2O5S2/c1-3-5-6-16-13-27(17-9-7-15(24)8-10-17)19-11-21(33-4-2)20(32-14-18(25)23(28)29)12-22(19)34(30,31)26-16/h7-12,14,16,26H,3-6,13H2,1-2H3,(H,28,29)/b18-14-/t16-/m0/s1. The molecule has 1 atom stereocenters. The number of thioether (sulfide) groups is 1. The van der Waals surface area contributed by atoms with Crippen LogP contribution in [0.5, 0.6) is 5.75 Å². The van der Waals surface area contributed by atoms with Gasteiger partial charge in [0.2, 0.25) is 15.9 Å². The van der Waals surface area contributed by atoms with E-state index in [1.165, 1.54) is 30.0 Å². The Morgan fingerprint density at radius 1 is 1.29 bits per heavy atom. The van der Waals surface area contributed by atoms with E-state index in [0.29, 0.717) is 41.3 Å². The second kappa shape index (κ2) is 11.2. The number of hydrogen-bond acceptors (Lipinski definition) is 6. The van der Waals surface area contributed by atoms with Gasteiger partial charge in [-0.05, 0) is 42.5 Å². The Labute approximate surface area is 201 Å². The molecule has 0 aromatic heterocycles. The molecule has 0 radical (unpaired) electrons. The molecule has 1 heterocycles. The van der Waals surface area contributed by atoms with Gasteiger partial charge in [0.25, 0.3) is 0 Å². The lowest BCUT2D eigenvalue weighted by atomic mass is 10.1. The number of rotatable bonds is 9. The number of fused-ring (bicyclic) bond motifs is 1.